The van der Waals surface area contributed by atoms with Gasteiger partial charge in [-0.25, -0.2) is 0 Å². The van der Waals surface area contributed by atoms with Gasteiger partial charge in [0.15, 0.2) is 0 Å². The molecule has 1 aliphatic carbocycles. The van der Waals surface area contributed by atoms with E-state index in [4.69, 9.17) is 9.47 Å². The average molecular weight is 250 g/mol. The summed E-state index contributed by atoms with van der Waals surface area (Å²) in [7, 11) is 0. The van der Waals surface area contributed by atoms with Gasteiger partial charge in [-0.15, -0.1) is 0 Å². The first-order valence-corrected chi connectivity index (χ1v) is 6.46. The van der Waals surface area contributed by atoms with Crippen molar-refractivity contribution in [2.45, 2.75) is 38.6 Å². The summed E-state index contributed by atoms with van der Waals surface area (Å²) in [6, 6.07) is 0. The predicted molar refractivity (Wildman–Crippen MR) is 71.1 cm³/mol. The van der Waals surface area contributed by atoms with Gasteiger partial charge in [0.1, 0.15) is 0 Å². The molecule has 3 nitrogen and oxygen atoms in total. The van der Waals surface area contributed by atoms with E-state index in [1.165, 1.54) is 0 Å². The van der Waals surface area contributed by atoms with Gasteiger partial charge in [0.05, 0.1) is 19.3 Å². The van der Waals surface area contributed by atoms with E-state index >= 15 is 0 Å². The van der Waals surface area contributed by atoms with Crippen molar-refractivity contribution in [3.05, 3.63) is 36.5 Å². The topological polar surface area (TPSA) is 38.7 Å². The molecule has 1 saturated heterocycles. The molecule has 0 aromatic rings. The van der Waals surface area contributed by atoms with Crippen LogP contribution in [0.1, 0.15) is 26.7 Å². The number of hydrogen-bond donors (Lipinski definition) is 1. The zero-order valence-corrected chi connectivity index (χ0v) is 11.2. The largest absolute Gasteiger partial charge is 0.389 e. The van der Waals surface area contributed by atoms with Gasteiger partial charge in [-0.1, -0.05) is 38.7 Å². The van der Waals surface area contributed by atoms with E-state index in [2.05, 4.69) is 20.4 Å². The van der Waals surface area contributed by atoms with Crippen LogP contribution in [0, 0.1) is 5.41 Å². The lowest BCUT2D eigenvalue weighted by Gasteiger charge is -2.36. The van der Waals surface area contributed by atoms with Crippen molar-refractivity contribution < 1.29 is 14.6 Å². The fourth-order valence-corrected chi connectivity index (χ4v) is 2.04. The van der Waals surface area contributed by atoms with Gasteiger partial charge in [-0.05, 0) is 18.9 Å². The highest BCUT2D eigenvalue weighted by Gasteiger charge is 2.53. The third kappa shape index (κ3) is 2.91. The summed E-state index contributed by atoms with van der Waals surface area (Å²) in [5.74, 6) is -0.683. The molecular formula is C15H22O3. The van der Waals surface area contributed by atoms with Gasteiger partial charge in [0.2, 0.25) is 5.79 Å². The first kappa shape index (κ1) is 13.5. The van der Waals surface area contributed by atoms with Gasteiger partial charge in [0, 0.05) is 11.0 Å². The monoisotopic (exact) mass is 250 g/mol. The molecule has 2 rings (SSSR count). The van der Waals surface area contributed by atoms with Crippen molar-refractivity contribution in [1.29, 1.82) is 0 Å². The van der Waals surface area contributed by atoms with Crippen LogP contribution in [0.2, 0.25) is 0 Å². The van der Waals surface area contributed by atoms with Crippen molar-refractivity contribution in [3.8, 4) is 0 Å². The highest BCUT2D eigenvalue weighted by molar-refractivity contribution is 5.42. The van der Waals surface area contributed by atoms with Crippen LogP contribution in [-0.2, 0) is 9.47 Å². The lowest BCUT2D eigenvalue weighted by Crippen LogP contribution is -2.42. The quantitative estimate of drug-likeness (QED) is 0.602. The van der Waals surface area contributed by atoms with Crippen LogP contribution in [0.3, 0.4) is 0 Å². The number of rotatable bonds is 5. The zero-order valence-electron chi connectivity index (χ0n) is 11.2. The molecule has 0 aromatic heterocycles. The van der Waals surface area contributed by atoms with Crippen LogP contribution in [-0.4, -0.2) is 30.2 Å². The minimum atomic E-state index is -0.683. The molecule has 1 aliphatic heterocycles. The number of hydrogen-bond acceptors (Lipinski definition) is 3. The molecule has 0 aromatic carbocycles. The molecule has 0 saturated carbocycles. The van der Waals surface area contributed by atoms with E-state index in [9.17, 15) is 5.11 Å². The Balaban J connectivity index is 1.78. The summed E-state index contributed by atoms with van der Waals surface area (Å²) in [6.07, 6.45) is 8.56. The molecule has 0 bridgehead atoms. The van der Waals surface area contributed by atoms with Crippen LogP contribution < -0.4 is 0 Å². The van der Waals surface area contributed by atoms with Crippen molar-refractivity contribution in [2.24, 2.45) is 5.41 Å². The average Bonchev–Trinajstić information content (AvgIpc) is 3.04. The first-order valence-electron chi connectivity index (χ1n) is 6.46. The first-order chi connectivity index (χ1) is 8.49. The smallest absolute Gasteiger partial charge is 0.214 e. The molecule has 1 spiro atoms. The normalized spacial score (nSPS) is 26.1. The Bertz CT molecular complexity index is 369. The van der Waals surface area contributed by atoms with Gasteiger partial charge < -0.3 is 14.6 Å². The second-order valence-electron chi connectivity index (χ2n) is 5.77. The standard InChI is InChI=1S/C15H22O3/c1-4-5-6-7-8-13(16)12-9-15(12)17-10-14(2,3)11-18-15/h4-6,9,13,16H,1,7-8,10-11H2,2-3H3/b6-5+. The summed E-state index contributed by atoms with van der Waals surface area (Å²) in [4.78, 5) is 0. The lowest BCUT2D eigenvalue weighted by molar-refractivity contribution is -0.233. The Morgan fingerprint density at radius 1 is 1.44 bits per heavy atom. The van der Waals surface area contributed by atoms with Crippen molar-refractivity contribution in [1.82, 2.24) is 0 Å². The van der Waals surface area contributed by atoms with Gasteiger partial charge >= 0.3 is 0 Å². The molecule has 1 N–H and O–H groups in total. The minimum absolute atomic E-state index is 0.0600. The molecule has 1 unspecified atom stereocenters. The number of aliphatic hydroxyl groups is 1. The fraction of sp³-hybridized carbons (Fsp3) is 0.600. The van der Waals surface area contributed by atoms with E-state index in [0.717, 1.165) is 12.0 Å². The summed E-state index contributed by atoms with van der Waals surface area (Å²) >= 11 is 0. The Labute approximate surface area is 109 Å². The predicted octanol–water partition coefficient (Wildman–Crippen LogP) is 2.58. The highest BCUT2D eigenvalue weighted by atomic mass is 16.7. The van der Waals surface area contributed by atoms with Gasteiger partial charge in [-0.2, -0.15) is 0 Å². The van der Waals surface area contributed by atoms with Crippen molar-refractivity contribution in [3.63, 3.8) is 0 Å². The Hall–Kier alpha value is -0.900. The maximum absolute atomic E-state index is 10.0. The Morgan fingerprint density at radius 2 is 2.11 bits per heavy atom. The summed E-state index contributed by atoms with van der Waals surface area (Å²) in [5.41, 5.74) is 0.940. The molecule has 100 valence electrons. The molecule has 1 fully saturated rings. The van der Waals surface area contributed by atoms with E-state index in [0.29, 0.717) is 19.6 Å². The SMILES string of the molecule is C=C/C=C/CCC(O)C1=CC12OCC(C)(C)CO2. The third-order valence-electron chi connectivity index (χ3n) is 3.26. The highest BCUT2D eigenvalue weighted by Crippen LogP contribution is 2.47. The van der Waals surface area contributed by atoms with Crippen molar-refractivity contribution in [2.75, 3.05) is 13.2 Å². The minimum Gasteiger partial charge on any atom is -0.389 e. The molecule has 2 aliphatic rings. The lowest BCUT2D eigenvalue weighted by atomic mass is 9.95. The van der Waals surface area contributed by atoms with E-state index in [1.807, 2.05) is 18.2 Å². The van der Waals surface area contributed by atoms with E-state index < -0.39 is 11.9 Å². The molecular weight excluding hydrogens is 228 g/mol. The summed E-state index contributed by atoms with van der Waals surface area (Å²) in [5, 5.41) is 10.0. The molecule has 0 amide bonds. The maximum Gasteiger partial charge on any atom is 0.214 e. The molecule has 3 heteroatoms. The molecule has 0 radical (unpaired) electrons. The Morgan fingerprint density at radius 3 is 2.72 bits per heavy atom. The second-order valence-corrected chi connectivity index (χ2v) is 5.77. The molecule has 1 atom stereocenters. The summed E-state index contributed by atoms with van der Waals surface area (Å²) < 4.78 is 11.5. The van der Waals surface area contributed by atoms with Crippen LogP contribution in [0.5, 0.6) is 0 Å². The van der Waals surface area contributed by atoms with E-state index in [-0.39, 0.29) is 5.41 Å². The number of aliphatic hydroxyl groups excluding tert-OH is 1. The number of ether oxygens (including phenoxy) is 2. The number of allylic oxidation sites excluding steroid dienone is 3. The van der Waals surface area contributed by atoms with Gasteiger partial charge in [0.25, 0.3) is 0 Å². The van der Waals surface area contributed by atoms with Crippen molar-refractivity contribution >= 4 is 0 Å². The van der Waals surface area contributed by atoms with Crippen LogP contribution in [0.25, 0.3) is 0 Å². The Kier molecular flexibility index (Phi) is 3.76. The fourth-order valence-electron chi connectivity index (χ4n) is 2.04. The van der Waals surface area contributed by atoms with E-state index in [1.54, 1.807) is 6.08 Å². The van der Waals surface area contributed by atoms with Gasteiger partial charge in [-0.3, -0.25) is 0 Å². The molecule has 18 heavy (non-hydrogen) atoms. The van der Waals surface area contributed by atoms with Crippen LogP contribution in [0.15, 0.2) is 36.5 Å². The summed E-state index contributed by atoms with van der Waals surface area (Å²) in [6.45, 7) is 9.15. The third-order valence-corrected chi connectivity index (χ3v) is 3.26. The van der Waals surface area contributed by atoms with Crippen LogP contribution >= 0.6 is 0 Å². The second kappa shape index (κ2) is 5.00. The maximum atomic E-state index is 10.0. The van der Waals surface area contributed by atoms with Crippen LogP contribution in [0.4, 0.5) is 0 Å². The molecule has 1 heterocycles. The zero-order chi connectivity index (χ0) is 13.2.